The minimum atomic E-state index is -0.981. The molecule has 1 aliphatic carbocycles. The number of amides is 3. The molecule has 10 nitrogen and oxygen atoms in total. The topological polar surface area (TPSA) is 130 Å². The van der Waals surface area contributed by atoms with E-state index < -0.39 is 29.9 Å². The van der Waals surface area contributed by atoms with Gasteiger partial charge in [0.2, 0.25) is 11.8 Å². The van der Waals surface area contributed by atoms with Crippen LogP contribution in [0.15, 0.2) is 18.2 Å². The van der Waals surface area contributed by atoms with Gasteiger partial charge in [0.1, 0.15) is 23.5 Å². The van der Waals surface area contributed by atoms with Crippen LogP contribution in [0.1, 0.15) is 68.3 Å². The number of likely N-dealkylation sites (tertiary alicyclic amines) is 1. The molecule has 5 rings (SSSR count). The number of H-pyrrole nitrogens is 1. The molecule has 3 aliphatic rings. The van der Waals surface area contributed by atoms with E-state index in [4.69, 9.17) is 21.1 Å². The summed E-state index contributed by atoms with van der Waals surface area (Å²) in [5, 5.41) is 6.84. The normalized spacial score (nSPS) is 23.1. The standard InChI is InChI=1S/C29H37ClN4O6/c1-39-19-11-18-13-21(32-24(18)20(30)14-19)27(37)34-16-29(8-4-3-5-9-29)15-23(34)26(36)33-22(28(38)40-2)12-17-7-6-10-31-25(17)35/h11,13-14,17,22-23,32H,3-10,12,15-16H2,1-2H3,(H,31,35)(H,33,36)/t17-,22-,23?/m0/s1. The molecule has 1 aromatic heterocycles. The summed E-state index contributed by atoms with van der Waals surface area (Å²) < 4.78 is 10.3. The molecule has 1 unspecified atom stereocenters. The Hall–Kier alpha value is -3.27. The largest absolute Gasteiger partial charge is 0.497 e. The molecule has 11 heteroatoms. The van der Waals surface area contributed by atoms with E-state index in [1.54, 1.807) is 30.2 Å². The Morgan fingerprint density at radius 3 is 2.62 bits per heavy atom. The van der Waals surface area contributed by atoms with Crippen LogP contribution in [-0.2, 0) is 19.1 Å². The lowest BCUT2D eigenvalue weighted by atomic mass is 9.72. The number of piperidine rings is 1. The van der Waals surface area contributed by atoms with Crippen molar-refractivity contribution >= 4 is 46.2 Å². The number of carbonyl (C=O) groups excluding carboxylic acids is 4. The van der Waals surface area contributed by atoms with Crippen molar-refractivity contribution in [2.24, 2.45) is 11.3 Å². The molecule has 40 heavy (non-hydrogen) atoms. The molecule has 3 atom stereocenters. The van der Waals surface area contributed by atoms with Gasteiger partial charge in [-0.25, -0.2) is 4.79 Å². The first kappa shape index (κ1) is 28.3. The zero-order chi connectivity index (χ0) is 28.4. The van der Waals surface area contributed by atoms with Gasteiger partial charge in [0.05, 0.1) is 24.8 Å². The van der Waals surface area contributed by atoms with Gasteiger partial charge in [-0.05, 0) is 56.1 Å². The van der Waals surface area contributed by atoms with Crippen molar-refractivity contribution in [2.45, 2.75) is 69.9 Å². The van der Waals surface area contributed by atoms with Gasteiger partial charge in [-0.3, -0.25) is 14.4 Å². The van der Waals surface area contributed by atoms with Gasteiger partial charge >= 0.3 is 5.97 Å². The van der Waals surface area contributed by atoms with Crippen molar-refractivity contribution in [1.82, 2.24) is 20.5 Å². The third kappa shape index (κ3) is 5.64. The third-order valence-corrected chi connectivity index (χ3v) is 9.13. The van der Waals surface area contributed by atoms with E-state index in [0.717, 1.165) is 43.9 Å². The number of aromatic nitrogens is 1. The molecule has 216 valence electrons. The third-order valence-electron chi connectivity index (χ3n) is 8.83. The average Bonchev–Trinajstić information content (AvgIpc) is 3.56. The van der Waals surface area contributed by atoms with Crippen molar-refractivity contribution in [3.8, 4) is 5.75 Å². The Labute approximate surface area is 238 Å². The zero-order valence-corrected chi connectivity index (χ0v) is 23.8. The Balaban J connectivity index is 1.41. The van der Waals surface area contributed by atoms with E-state index in [1.807, 2.05) is 0 Å². The number of nitrogens with one attached hydrogen (secondary N) is 3. The second kappa shape index (κ2) is 11.7. The van der Waals surface area contributed by atoms with E-state index in [-0.39, 0.29) is 23.7 Å². The SMILES string of the molecule is COC(=O)[C@H](C[C@@H]1CCCNC1=O)NC(=O)C1CC2(CCCCC2)CN1C(=O)c1cc2cc(OC)cc(Cl)c2[nH]1. The molecular weight excluding hydrogens is 536 g/mol. The van der Waals surface area contributed by atoms with Crippen LogP contribution in [0.4, 0.5) is 0 Å². The maximum Gasteiger partial charge on any atom is 0.328 e. The number of methoxy groups -OCH3 is 2. The molecule has 0 radical (unpaired) electrons. The molecule has 3 fully saturated rings. The number of ether oxygens (including phenoxy) is 2. The van der Waals surface area contributed by atoms with Crippen molar-refractivity contribution < 1.29 is 28.7 Å². The highest BCUT2D eigenvalue weighted by Gasteiger charge is 2.49. The van der Waals surface area contributed by atoms with Gasteiger partial charge in [-0.2, -0.15) is 0 Å². The number of nitrogens with zero attached hydrogens (tertiary/aromatic N) is 1. The molecular formula is C29H37ClN4O6. The van der Waals surface area contributed by atoms with Crippen LogP contribution < -0.4 is 15.4 Å². The Bertz CT molecular complexity index is 1300. The second-order valence-electron chi connectivity index (χ2n) is 11.4. The molecule has 1 spiro atoms. The molecule has 3 heterocycles. The van der Waals surface area contributed by atoms with Crippen molar-refractivity contribution in [2.75, 3.05) is 27.3 Å². The maximum atomic E-state index is 14.0. The van der Waals surface area contributed by atoms with Gasteiger partial charge in [0.15, 0.2) is 0 Å². The van der Waals surface area contributed by atoms with E-state index >= 15 is 0 Å². The van der Waals surface area contributed by atoms with Crippen LogP contribution in [0, 0.1) is 11.3 Å². The number of carbonyl (C=O) groups is 4. The number of hydrogen-bond donors (Lipinski definition) is 3. The summed E-state index contributed by atoms with van der Waals surface area (Å²) in [6.07, 6.45) is 7.27. The summed E-state index contributed by atoms with van der Waals surface area (Å²) in [5.41, 5.74) is 0.807. The van der Waals surface area contributed by atoms with Crippen molar-refractivity contribution in [1.29, 1.82) is 0 Å². The molecule has 3 amide bonds. The van der Waals surface area contributed by atoms with E-state index in [9.17, 15) is 19.2 Å². The van der Waals surface area contributed by atoms with Crippen LogP contribution in [0.3, 0.4) is 0 Å². The number of rotatable bonds is 7. The first-order valence-corrected chi connectivity index (χ1v) is 14.4. The van der Waals surface area contributed by atoms with Crippen LogP contribution in [-0.4, -0.2) is 73.0 Å². The molecule has 3 N–H and O–H groups in total. The second-order valence-corrected chi connectivity index (χ2v) is 11.8. The highest BCUT2D eigenvalue weighted by Crippen LogP contribution is 2.47. The smallest absolute Gasteiger partial charge is 0.328 e. The molecule has 0 bridgehead atoms. The Morgan fingerprint density at radius 2 is 1.93 bits per heavy atom. The van der Waals surface area contributed by atoms with Gasteiger partial charge < -0.3 is 30.0 Å². The average molecular weight is 573 g/mol. The summed E-state index contributed by atoms with van der Waals surface area (Å²) in [7, 11) is 2.82. The maximum absolute atomic E-state index is 14.0. The lowest BCUT2D eigenvalue weighted by molar-refractivity contribution is -0.146. The fraction of sp³-hybridized carbons (Fsp3) is 0.586. The van der Waals surface area contributed by atoms with Crippen LogP contribution >= 0.6 is 11.6 Å². The van der Waals surface area contributed by atoms with Crippen molar-refractivity contribution in [3.63, 3.8) is 0 Å². The quantitative estimate of drug-likeness (QED) is 0.435. The highest BCUT2D eigenvalue weighted by atomic mass is 35.5. The predicted octanol–water partition coefficient (Wildman–Crippen LogP) is 3.57. The highest BCUT2D eigenvalue weighted by molar-refractivity contribution is 6.35. The Kier molecular flexibility index (Phi) is 8.26. The lowest BCUT2D eigenvalue weighted by Crippen LogP contribution is -2.52. The predicted molar refractivity (Wildman–Crippen MR) is 149 cm³/mol. The monoisotopic (exact) mass is 572 g/mol. The van der Waals surface area contributed by atoms with E-state index in [0.29, 0.717) is 47.9 Å². The number of halogens is 1. The van der Waals surface area contributed by atoms with Gasteiger partial charge in [-0.15, -0.1) is 0 Å². The summed E-state index contributed by atoms with van der Waals surface area (Å²) in [6, 6.07) is 3.47. The summed E-state index contributed by atoms with van der Waals surface area (Å²) in [4.78, 5) is 57.6. The van der Waals surface area contributed by atoms with E-state index in [2.05, 4.69) is 15.6 Å². The summed E-state index contributed by atoms with van der Waals surface area (Å²) in [6.45, 7) is 1.07. The summed E-state index contributed by atoms with van der Waals surface area (Å²) >= 11 is 6.43. The van der Waals surface area contributed by atoms with Crippen molar-refractivity contribution in [3.05, 3.63) is 28.9 Å². The fourth-order valence-corrected chi connectivity index (χ4v) is 6.96. The number of hydrogen-bond acceptors (Lipinski definition) is 6. The van der Waals surface area contributed by atoms with Gasteiger partial charge in [0, 0.05) is 30.5 Å². The number of aromatic amines is 1. The fourth-order valence-electron chi connectivity index (χ4n) is 6.70. The minimum absolute atomic E-state index is 0.123. The van der Waals surface area contributed by atoms with E-state index in [1.165, 1.54) is 7.11 Å². The van der Waals surface area contributed by atoms with Gasteiger partial charge in [0.25, 0.3) is 5.91 Å². The molecule has 2 saturated heterocycles. The van der Waals surface area contributed by atoms with Gasteiger partial charge in [-0.1, -0.05) is 30.9 Å². The molecule has 1 aromatic carbocycles. The molecule has 2 aliphatic heterocycles. The summed E-state index contributed by atoms with van der Waals surface area (Å²) in [5.74, 6) is -1.24. The van der Waals surface area contributed by atoms with Crippen LogP contribution in [0.2, 0.25) is 5.02 Å². The first-order valence-electron chi connectivity index (χ1n) is 14.1. The minimum Gasteiger partial charge on any atom is -0.497 e. The van der Waals surface area contributed by atoms with Crippen LogP contribution in [0.5, 0.6) is 5.75 Å². The molecule has 1 saturated carbocycles. The number of benzene rings is 1. The number of esters is 1. The zero-order valence-electron chi connectivity index (χ0n) is 23.0. The Morgan fingerprint density at radius 1 is 1.15 bits per heavy atom. The molecule has 2 aromatic rings. The number of fused-ring (bicyclic) bond motifs is 1. The lowest BCUT2D eigenvalue weighted by Gasteiger charge is -2.32. The first-order chi connectivity index (χ1) is 19.2. The van der Waals surface area contributed by atoms with Crippen LogP contribution in [0.25, 0.3) is 10.9 Å².